The van der Waals surface area contributed by atoms with E-state index < -0.39 is 6.09 Å². The molecule has 1 saturated heterocycles. The molecule has 4 heteroatoms. The average molecular weight is 218 g/mol. The number of benzene rings is 1. The van der Waals surface area contributed by atoms with Gasteiger partial charge in [-0.1, -0.05) is 18.2 Å². The van der Waals surface area contributed by atoms with Gasteiger partial charge in [0.25, 0.3) is 0 Å². The lowest BCUT2D eigenvalue weighted by Crippen LogP contribution is -2.33. The van der Waals surface area contributed by atoms with Crippen LogP contribution in [0.25, 0.3) is 0 Å². The molecule has 0 bridgehead atoms. The summed E-state index contributed by atoms with van der Waals surface area (Å²) in [5.74, 6) is 1.02. The van der Waals surface area contributed by atoms with Gasteiger partial charge in [0.15, 0.2) is 0 Å². The van der Waals surface area contributed by atoms with Crippen LogP contribution in [-0.2, 0) is 0 Å². The van der Waals surface area contributed by atoms with Crippen LogP contribution in [-0.4, -0.2) is 30.3 Å². The van der Waals surface area contributed by atoms with Crippen molar-refractivity contribution < 1.29 is 9.90 Å². The molecule has 2 aliphatic rings. The second kappa shape index (κ2) is 3.40. The Balaban J connectivity index is 1.61. The van der Waals surface area contributed by atoms with Crippen molar-refractivity contribution in [1.29, 1.82) is 0 Å². The molecular weight excluding hydrogens is 204 g/mol. The maximum atomic E-state index is 10.5. The molecule has 1 saturated carbocycles. The van der Waals surface area contributed by atoms with E-state index in [9.17, 15) is 4.79 Å². The van der Waals surface area contributed by atoms with Crippen molar-refractivity contribution in [3.63, 3.8) is 0 Å². The van der Waals surface area contributed by atoms with E-state index in [2.05, 4.69) is 22.3 Å². The number of hydrogen-bond acceptors (Lipinski definition) is 2. The molecule has 84 valence electrons. The van der Waals surface area contributed by atoms with Crippen LogP contribution in [0.1, 0.15) is 0 Å². The number of piperidine rings is 1. The second-order valence-electron chi connectivity index (χ2n) is 4.54. The second-order valence-corrected chi connectivity index (χ2v) is 4.54. The first-order chi connectivity index (χ1) is 7.75. The fraction of sp³-hybridized carbons (Fsp3) is 0.417. The molecule has 1 amide bonds. The van der Waals surface area contributed by atoms with Crippen molar-refractivity contribution in [2.75, 3.05) is 18.0 Å². The molecule has 0 spiro atoms. The minimum atomic E-state index is -0.898. The van der Waals surface area contributed by atoms with Gasteiger partial charge in [-0.3, -0.25) is 0 Å². The maximum Gasteiger partial charge on any atom is 0.404 e. The van der Waals surface area contributed by atoms with Crippen molar-refractivity contribution in [1.82, 2.24) is 5.32 Å². The first-order valence-electron chi connectivity index (χ1n) is 5.55. The largest absolute Gasteiger partial charge is 0.465 e. The summed E-state index contributed by atoms with van der Waals surface area (Å²) >= 11 is 0. The molecule has 1 aliphatic heterocycles. The van der Waals surface area contributed by atoms with Gasteiger partial charge < -0.3 is 15.3 Å². The number of nitrogens with one attached hydrogen (secondary N) is 1. The van der Waals surface area contributed by atoms with Crippen molar-refractivity contribution >= 4 is 11.8 Å². The van der Waals surface area contributed by atoms with Crippen molar-refractivity contribution in [2.24, 2.45) is 11.8 Å². The molecule has 1 aliphatic carbocycles. The highest BCUT2D eigenvalue weighted by atomic mass is 16.4. The summed E-state index contributed by atoms with van der Waals surface area (Å²) in [5.41, 5.74) is 1.24. The Labute approximate surface area is 93.9 Å². The van der Waals surface area contributed by atoms with E-state index in [1.165, 1.54) is 5.69 Å². The summed E-state index contributed by atoms with van der Waals surface area (Å²) in [6, 6.07) is 10.5. The third kappa shape index (κ3) is 1.50. The van der Waals surface area contributed by atoms with Crippen LogP contribution in [0, 0.1) is 11.8 Å². The van der Waals surface area contributed by atoms with Crippen LogP contribution >= 0.6 is 0 Å². The predicted molar refractivity (Wildman–Crippen MR) is 60.6 cm³/mol. The van der Waals surface area contributed by atoms with Crippen molar-refractivity contribution in [2.45, 2.75) is 6.04 Å². The Bertz CT molecular complexity index is 395. The highest BCUT2D eigenvalue weighted by molar-refractivity contribution is 5.66. The Kier molecular flexibility index (Phi) is 2.02. The average Bonchev–Trinajstić information content (AvgIpc) is 2.76. The number of nitrogens with zero attached hydrogens (tertiary/aromatic N) is 1. The summed E-state index contributed by atoms with van der Waals surface area (Å²) in [4.78, 5) is 12.8. The number of para-hydroxylation sites is 1. The molecular formula is C12H14N2O2. The van der Waals surface area contributed by atoms with Crippen LogP contribution < -0.4 is 10.2 Å². The van der Waals surface area contributed by atoms with E-state index >= 15 is 0 Å². The van der Waals surface area contributed by atoms with Crippen LogP contribution in [0.5, 0.6) is 0 Å². The number of carbonyl (C=O) groups is 1. The monoisotopic (exact) mass is 218 g/mol. The smallest absolute Gasteiger partial charge is 0.404 e. The van der Waals surface area contributed by atoms with E-state index in [-0.39, 0.29) is 6.04 Å². The first-order valence-corrected chi connectivity index (χ1v) is 5.55. The van der Waals surface area contributed by atoms with Gasteiger partial charge in [-0.05, 0) is 12.1 Å². The minimum Gasteiger partial charge on any atom is -0.465 e. The zero-order valence-corrected chi connectivity index (χ0v) is 8.84. The van der Waals surface area contributed by atoms with Gasteiger partial charge in [0, 0.05) is 36.7 Å². The third-order valence-electron chi connectivity index (χ3n) is 3.61. The Morgan fingerprint density at radius 3 is 2.44 bits per heavy atom. The molecule has 2 atom stereocenters. The predicted octanol–water partition coefficient (Wildman–Crippen LogP) is 1.39. The lowest BCUT2D eigenvalue weighted by atomic mass is 10.3. The van der Waals surface area contributed by atoms with Gasteiger partial charge in [-0.25, -0.2) is 4.79 Å². The first kappa shape index (κ1) is 9.51. The van der Waals surface area contributed by atoms with Crippen LogP contribution in [0.3, 0.4) is 0 Å². The fourth-order valence-electron chi connectivity index (χ4n) is 2.73. The quantitative estimate of drug-likeness (QED) is 0.788. The molecule has 16 heavy (non-hydrogen) atoms. The summed E-state index contributed by atoms with van der Waals surface area (Å²) < 4.78 is 0. The van der Waals surface area contributed by atoms with Crippen LogP contribution in [0.2, 0.25) is 0 Å². The van der Waals surface area contributed by atoms with Gasteiger partial charge in [0.1, 0.15) is 0 Å². The standard InChI is InChI=1S/C12H14N2O2/c15-12(16)13-11-9-6-14(7-10(9)11)8-4-2-1-3-5-8/h1-5,9-11,13H,6-7H2,(H,15,16). The molecule has 2 N–H and O–H groups in total. The van der Waals surface area contributed by atoms with E-state index in [0.717, 1.165) is 13.1 Å². The zero-order valence-electron chi connectivity index (χ0n) is 8.84. The number of rotatable bonds is 2. The number of hydrogen-bond donors (Lipinski definition) is 2. The molecule has 0 aromatic heterocycles. The minimum absolute atomic E-state index is 0.192. The topological polar surface area (TPSA) is 52.6 Å². The highest BCUT2D eigenvalue weighted by Crippen LogP contribution is 2.46. The molecule has 4 nitrogen and oxygen atoms in total. The van der Waals surface area contributed by atoms with Crippen LogP contribution in [0.15, 0.2) is 30.3 Å². The number of carboxylic acid groups (broad SMARTS) is 1. The Hall–Kier alpha value is -1.71. The highest BCUT2D eigenvalue weighted by Gasteiger charge is 2.56. The van der Waals surface area contributed by atoms with Gasteiger partial charge in [0.2, 0.25) is 0 Å². The number of fused-ring (bicyclic) bond motifs is 1. The van der Waals surface area contributed by atoms with E-state index in [1.807, 2.05) is 18.2 Å². The normalized spacial score (nSPS) is 31.0. The molecule has 3 rings (SSSR count). The lowest BCUT2D eigenvalue weighted by Gasteiger charge is -2.21. The lowest BCUT2D eigenvalue weighted by molar-refractivity contribution is 0.192. The van der Waals surface area contributed by atoms with Crippen molar-refractivity contribution in [3.05, 3.63) is 30.3 Å². The Morgan fingerprint density at radius 2 is 1.88 bits per heavy atom. The maximum absolute atomic E-state index is 10.5. The van der Waals surface area contributed by atoms with Gasteiger partial charge in [0.05, 0.1) is 0 Å². The third-order valence-corrected chi connectivity index (χ3v) is 3.61. The molecule has 1 heterocycles. The molecule has 0 radical (unpaired) electrons. The Morgan fingerprint density at radius 1 is 1.25 bits per heavy atom. The zero-order chi connectivity index (χ0) is 11.1. The SMILES string of the molecule is O=C(O)NC1C2CN(c3ccccc3)CC21. The molecule has 2 fully saturated rings. The van der Waals surface area contributed by atoms with Gasteiger partial charge in [-0.2, -0.15) is 0 Å². The van der Waals surface area contributed by atoms with E-state index in [4.69, 9.17) is 5.11 Å². The number of anilines is 1. The molecule has 1 aromatic rings. The summed E-state index contributed by atoms with van der Waals surface area (Å²) in [7, 11) is 0. The van der Waals surface area contributed by atoms with Crippen LogP contribution in [0.4, 0.5) is 10.5 Å². The molecule has 2 unspecified atom stereocenters. The van der Waals surface area contributed by atoms with E-state index in [1.54, 1.807) is 0 Å². The van der Waals surface area contributed by atoms with Gasteiger partial charge in [-0.15, -0.1) is 0 Å². The van der Waals surface area contributed by atoms with Gasteiger partial charge >= 0.3 is 6.09 Å². The number of amides is 1. The summed E-state index contributed by atoms with van der Waals surface area (Å²) in [6.07, 6.45) is -0.898. The summed E-state index contributed by atoms with van der Waals surface area (Å²) in [5, 5.41) is 11.2. The molecule has 1 aromatic carbocycles. The summed E-state index contributed by atoms with van der Waals surface area (Å²) in [6.45, 7) is 1.94. The fourth-order valence-corrected chi connectivity index (χ4v) is 2.73. The van der Waals surface area contributed by atoms with Crippen molar-refractivity contribution in [3.8, 4) is 0 Å². The van der Waals surface area contributed by atoms with E-state index in [0.29, 0.717) is 11.8 Å².